The number of anilines is 3. The summed E-state index contributed by atoms with van der Waals surface area (Å²) >= 11 is 0. The molecule has 0 N–H and O–H groups in total. The first-order valence-corrected chi connectivity index (χ1v) is 9.92. The molecule has 0 heterocycles. The van der Waals surface area contributed by atoms with Gasteiger partial charge in [0.1, 0.15) is 5.75 Å². The van der Waals surface area contributed by atoms with Gasteiger partial charge < -0.3 is 9.64 Å². The molecule has 0 aromatic heterocycles. The van der Waals surface area contributed by atoms with E-state index >= 15 is 0 Å². The van der Waals surface area contributed by atoms with Gasteiger partial charge in [-0.25, -0.2) is 0 Å². The molecule has 3 aromatic rings. The summed E-state index contributed by atoms with van der Waals surface area (Å²) in [5.74, 6) is 0.937. The molecule has 0 bridgehead atoms. The normalized spacial score (nSPS) is 10.6. The van der Waals surface area contributed by atoms with Crippen molar-refractivity contribution in [2.24, 2.45) is 0 Å². The number of ether oxygens (including phenoxy) is 1. The topological polar surface area (TPSA) is 12.5 Å². The average molecular weight is 360 g/mol. The first-order valence-electron chi connectivity index (χ1n) is 9.92. The van der Waals surface area contributed by atoms with Crippen LogP contribution in [0.2, 0.25) is 0 Å². The van der Waals surface area contributed by atoms with Gasteiger partial charge in [0.25, 0.3) is 0 Å². The van der Waals surface area contributed by atoms with Crippen LogP contribution in [0.25, 0.3) is 0 Å². The highest BCUT2D eigenvalue weighted by atomic mass is 16.5. The third-order valence-electron chi connectivity index (χ3n) is 4.67. The van der Waals surface area contributed by atoms with Gasteiger partial charge in [0.05, 0.1) is 6.61 Å². The second-order valence-corrected chi connectivity index (χ2v) is 6.91. The minimum atomic E-state index is 0.791. The van der Waals surface area contributed by atoms with Crippen molar-refractivity contribution in [2.75, 3.05) is 11.5 Å². The molecule has 0 fully saturated rings. The molecular formula is C25H29NO. The Bertz CT molecular complexity index is 794. The molecule has 2 heteroatoms. The van der Waals surface area contributed by atoms with Crippen LogP contribution in [0.15, 0.2) is 78.9 Å². The number of para-hydroxylation sites is 1. The molecule has 0 spiro atoms. The highest BCUT2D eigenvalue weighted by Crippen LogP contribution is 2.35. The van der Waals surface area contributed by atoms with Gasteiger partial charge in [-0.15, -0.1) is 0 Å². The monoisotopic (exact) mass is 359 g/mol. The summed E-state index contributed by atoms with van der Waals surface area (Å²) in [7, 11) is 0. The van der Waals surface area contributed by atoms with Gasteiger partial charge >= 0.3 is 0 Å². The standard InChI is InChI=1S/C25H29NO/c1-3-4-5-9-20-27-25-18-16-24(17-19-25)26(22-10-7-6-8-11-22)23-14-12-21(2)13-15-23/h6-8,10-19H,3-5,9,20H2,1-2H3. The second kappa shape index (κ2) is 9.82. The molecule has 3 aromatic carbocycles. The Labute approximate surface area is 163 Å². The fourth-order valence-electron chi connectivity index (χ4n) is 3.13. The van der Waals surface area contributed by atoms with Crippen LogP contribution in [0.3, 0.4) is 0 Å². The summed E-state index contributed by atoms with van der Waals surface area (Å²) in [6, 6.07) is 27.5. The lowest BCUT2D eigenvalue weighted by Crippen LogP contribution is -2.09. The van der Waals surface area contributed by atoms with Crippen molar-refractivity contribution in [3.05, 3.63) is 84.4 Å². The maximum Gasteiger partial charge on any atom is 0.119 e. The summed E-state index contributed by atoms with van der Waals surface area (Å²) in [6.07, 6.45) is 4.90. The van der Waals surface area contributed by atoms with Crippen LogP contribution in [-0.4, -0.2) is 6.61 Å². The average Bonchev–Trinajstić information content (AvgIpc) is 2.71. The lowest BCUT2D eigenvalue weighted by Gasteiger charge is -2.25. The molecule has 0 unspecified atom stereocenters. The largest absolute Gasteiger partial charge is 0.494 e. The minimum absolute atomic E-state index is 0.791. The van der Waals surface area contributed by atoms with E-state index in [0.717, 1.165) is 35.8 Å². The molecule has 0 atom stereocenters. The van der Waals surface area contributed by atoms with E-state index in [4.69, 9.17) is 4.74 Å². The maximum absolute atomic E-state index is 5.90. The van der Waals surface area contributed by atoms with Crippen LogP contribution in [0.1, 0.15) is 38.2 Å². The summed E-state index contributed by atoms with van der Waals surface area (Å²) in [4.78, 5) is 2.27. The Morgan fingerprint density at radius 2 is 1.26 bits per heavy atom. The van der Waals surface area contributed by atoms with Gasteiger partial charge in [0.2, 0.25) is 0 Å². The molecule has 0 saturated carbocycles. The quantitative estimate of drug-likeness (QED) is 0.368. The van der Waals surface area contributed by atoms with Gasteiger partial charge in [-0.3, -0.25) is 0 Å². The summed E-state index contributed by atoms with van der Waals surface area (Å²) < 4.78 is 5.90. The van der Waals surface area contributed by atoms with E-state index < -0.39 is 0 Å². The van der Waals surface area contributed by atoms with Crippen molar-refractivity contribution in [3.63, 3.8) is 0 Å². The molecule has 0 aliphatic carbocycles. The van der Waals surface area contributed by atoms with E-state index in [0.29, 0.717) is 0 Å². The number of hydrogen-bond acceptors (Lipinski definition) is 2. The zero-order valence-corrected chi connectivity index (χ0v) is 16.4. The van der Waals surface area contributed by atoms with Crippen molar-refractivity contribution >= 4 is 17.1 Å². The van der Waals surface area contributed by atoms with Gasteiger partial charge in [0.15, 0.2) is 0 Å². The third kappa shape index (κ3) is 5.37. The first kappa shape index (κ1) is 19.0. The van der Waals surface area contributed by atoms with Gasteiger partial charge in [0, 0.05) is 17.1 Å². The lowest BCUT2D eigenvalue weighted by atomic mass is 10.1. The van der Waals surface area contributed by atoms with E-state index in [2.05, 4.69) is 91.5 Å². The molecule has 0 aliphatic heterocycles. The lowest BCUT2D eigenvalue weighted by molar-refractivity contribution is 0.305. The summed E-state index contributed by atoms with van der Waals surface area (Å²) in [5.41, 5.74) is 4.69. The molecule has 0 radical (unpaired) electrons. The number of aryl methyl sites for hydroxylation is 1. The van der Waals surface area contributed by atoms with Crippen molar-refractivity contribution in [1.82, 2.24) is 0 Å². The fraction of sp³-hybridized carbons (Fsp3) is 0.280. The van der Waals surface area contributed by atoms with Gasteiger partial charge in [-0.2, -0.15) is 0 Å². The van der Waals surface area contributed by atoms with Crippen LogP contribution >= 0.6 is 0 Å². The van der Waals surface area contributed by atoms with E-state index in [1.807, 2.05) is 6.07 Å². The van der Waals surface area contributed by atoms with Gasteiger partial charge in [-0.05, 0) is 61.9 Å². The number of unbranched alkanes of at least 4 members (excludes halogenated alkanes) is 3. The molecule has 27 heavy (non-hydrogen) atoms. The van der Waals surface area contributed by atoms with Gasteiger partial charge in [-0.1, -0.05) is 62.1 Å². The third-order valence-corrected chi connectivity index (χ3v) is 4.67. The van der Waals surface area contributed by atoms with Crippen molar-refractivity contribution in [3.8, 4) is 5.75 Å². The van der Waals surface area contributed by atoms with Crippen molar-refractivity contribution < 1.29 is 4.74 Å². The van der Waals surface area contributed by atoms with Crippen molar-refractivity contribution in [2.45, 2.75) is 39.5 Å². The van der Waals surface area contributed by atoms with E-state index in [-0.39, 0.29) is 0 Å². The Morgan fingerprint density at radius 1 is 0.667 bits per heavy atom. The summed E-state index contributed by atoms with van der Waals surface area (Å²) in [6.45, 7) is 5.13. The molecule has 0 saturated heterocycles. The Hall–Kier alpha value is -2.74. The Kier molecular flexibility index (Phi) is 6.92. The van der Waals surface area contributed by atoms with E-state index in [9.17, 15) is 0 Å². The smallest absolute Gasteiger partial charge is 0.119 e. The Balaban J connectivity index is 1.77. The molecule has 2 nitrogen and oxygen atoms in total. The molecule has 3 rings (SSSR count). The molecule has 0 amide bonds. The van der Waals surface area contributed by atoms with Crippen LogP contribution in [0.5, 0.6) is 5.75 Å². The molecular weight excluding hydrogens is 330 g/mol. The Morgan fingerprint density at radius 3 is 1.89 bits per heavy atom. The molecule has 140 valence electrons. The first-order chi connectivity index (χ1) is 13.3. The number of rotatable bonds is 9. The zero-order valence-electron chi connectivity index (χ0n) is 16.4. The fourth-order valence-corrected chi connectivity index (χ4v) is 3.13. The van der Waals surface area contributed by atoms with Crippen LogP contribution in [0.4, 0.5) is 17.1 Å². The second-order valence-electron chi connectivity index (χ2n) is 6.91. The highest BCUT2D eigenvalue weighted by molar-refractivity contribution is 5.76. The van der Waals surface area contributed by atoms with E-state index in [1.165, 1.54) is 24.8 Å². The number of benzene rings is 3. The number of nitrogens with zero attached hydrogens (tertiary/aromatic N) is 1. The van der Waals surface area contributed by atoms with E-state index in [1.54, 1.807) is 0 Å². The van der Waals surface area contributed by atoms with Crippen LogP contribution < -0.4 is 9.64 Å². The molecule has 0 aliphatic rings. The van der Waals surface area contributed by atoms with Crippen LogP contribution in [-0.2, 0) is 0 Å². The predicted octanol–water partition coefficient (Wildman–Crippen LogP) is 7.42. The summed E-state index contributed by atoms with van der Waals surface area (Å²) in [5, 5.41) is 0. The predicted molar refractivity (Wildman–Crippen MR) is 115 cm³/mol. The highest BCUT2D eigenvalue weighted by Gasteiger charge is 2.12. The SMILES string of the molecule is CCCCCCOc1ccc(N(c2ccccc2)c2ccc(C)cc2)cc1. The maximum atomic E-state index is 5.90. The van der Waals surface area contributed by atoms with Crippen LogP contribution in [0, 0.1) is 6.92 Å². The number of hydrogen-bond donors (Lipinski definition) is 0. The van der Waals surface area contributed by atoms with Crippen molar-refractivity contribution in [1.29, 1.82) is 0 Å². The zero-order chi connectivity index (χ0) is 18.9. The minimum Gasteiger partial charge on any atom is -0.494 e.